The van der Waals surface area contributed by atoms with E-state index in [4.69, 9.17) is 14.3 Å². The van der Waals surface area contributed by atoms with E-state index in [2.05, 4.69) is 11.4 Å². The van der Waals surface area contributed by atoms with E-state index in [-0.39, 0.29) is 6.61 Å². The molecule has 2 N–H and O–H groups in total. The molecule has 0 aliphatic heterocycles. The predicted molar refractivity (Wildman–Crippen MR) is 60.3 cm³/mol. The van der Waals surface area contributed by atoms with E-state index in [1.54, 1.807) is 6.26 Å². The minimum Gasteiger partial charge on any atom is -0.469 e. The largest absolute Gasteiger partial charge is 0.469 e. The Balaban J connectivity index is 1.75. The highest BCUT2D eigenvalue weighted by Gasteiger charge is 2.21. The molecule has 1 unspecified atom stereocenters. The summed E-state index contributed by atoms with van der Waals surface area (Å²) in [6.07, 6.45) is 5.16. The zero-order valence-corrected chi connectivity index (χ0v) is 9.45. The van der Waals surface area contributed by atoms with Gasteiger partial charge in [-0.25, -0.2) is 0 Å². The third-order valence-corrected chi connectivity index (χ3v) is 2.92. The fourth-order valence-electron chi connectivity index (χ4n) is 2.17. The molecule has 2 rings (SSSR count). The first kappa shape index (κ1) is 11.6. The van der Waals surface area contributed by atoms with Gasteiger partial charge in [0.25, 0.3) is 0 Å². The smallest absolute Gasteiger partial charge is 0.108 e. The topological polar surface area (TPSA) is 54.6 Å². The number of nitrogens with one attached hydrogen (secondary N) is 1. The Bertz CT molecular complexity index is 311. The molecular formula is C12H19NO3. The number of hydrogen-bond donors (Lipinski definition) is 2. The second-order valence-corrected chi connectivity index (χ2v) is 4.03. The van der Waals surface area contributed by atoms with Gasteiger partial charge in [-0.05, 0) is 18.9 Å². The normalized spacial score (nSPS) is 19.7. The highest BCUT2D eigenvalue weighted by atomic mass is 16.5. The van der Waals surface area contributed by atoms with Crippen molar-refractivity contribution < 1.29 is 14.3 Å². The second kappa shape index (κ2) is 6.03. The first-order chi connectivity index (χ1) is 7.92. The number of aryl methyl sites for hydroxylation is 1. The van der Waals surface area contributed by atoms with E-state index in [1.807, 2.05) is 0 Å². The number of rotatable bonds is 6. The van der Waals surface area contributed by atoms with Gasteiger partial charge in [0.15, 0.2) is 0 Å². The van der Waals surface area contributed by atoms with Crippen LogP contribution in [0.3, 0.4) is 0 Å². The van der Waals surface area contributed by atoms with Crippen LogP contribution in [0.2, 0.25) is 0 Å². The quantitative estimate of drug-likeness (QED) is 0.716. The first-order valence-corrected chi connectivity index (χ1v) is 5.90. The number of fused-ring (bicyclic) bond motifs is 1. The summed E-state index contributed by atoms with van der Waals surface area (Å²) in [5.41, 5.74) is 1.30. The Labute approximate surface area is 95.6 Å². The SMILES string of the molecule is OCCOCCNC1CCCc2occc21. The van der Waals surface area contributed by atoms with Crippen LogP contribution in [0.1, 0.15) is 30.2 Å². The Kier molecular flexibility index (Phi) is 4.39. The van der Waals surface area contributed by atoms with Crippen LogP contribution in [0, 0.1) is 0 Å². The number of aliphatic hydroxyl groups is 1. The van der Waals surface area contributed by atoms with Crippen molar-refractivity contribution in [3.63, 3.8) is 0 Å². The molecule has 0 fully saturated rings. The molecule has 0 spiro atoms. The first-order valence-electron chi connectivity index (χ1n) is 5.90. The molecule has 0 saturated heterocycles. The van der Waals surface area contributed by atoms with Crippen LogP contribution < -0.4 is 5.32 Å². The molecule has 0 aromatic carbocycles. The molecule has 1 atom stereocenters. The van der Waals surface area contributed by atoms with Crippen molar-refractivity contribution in [3.05, 3.63) is 23.7 Å². The van der Waals surface area contributed by atoms with Gasteiger partial charge in [0.1, 0.15) is 5.76 Å². The van der Waals surface area contributed by atoms with Gasteiger partial charge in [-0.15, -0.1) is 0 Å². The number of hydrogen-bond acceptors (Lipinski definition) is 4. The molecule has 0 radical (unpaired) electrons. The van der Waals surface area contributed by atoms with Crippen molar-refractivity contribution in [3.8, 4) is 0 Å². The van der Waals surface area contributed by atoms with Gasteiger partial charge in [-0.2, -0.15) is 0 Å². The summed E-state index contributed by atoms with van der Waals surface area (Å²) in [5, 5.41) is 12.0. The average molecular weight is 225 g/mol. The van der Waals surface area contributed by atoms with E-state index < -0.39 is 0 Å². The summed E-state index contributed by atoms with van der Waals surface area (Å²) in [4.78, 5) is 0. The fraction of sp³-hybridized carbons (Fsp3) is 0.667. The molecule has 1 aromatic rings. The fourth-order valence-corrected chi connectivity index (χ4v) is 2.17. The summed E-state index contributed by atoms with van der Waals surface area (Å²) in [6, 6.07) is 2.46. The lowest BCUT2D eigenvalue weighted by Gasteiger charge is -2.22. The maximum atomic E-state index is 8.56. The summed E-state index contributed by atoms with van der Waals surface area (Å²) in [6.45, 7) is 1.97. The molecule has 0 bridgehead atoms. The molecule has 16 heavy (non-hydrogen) atoms. The summed E-state index contributed by atoms with van der Waals surface area (Å²) < 4.78 is 10.6. The number of furan rings is 1. The summed E-state index contributed by atoms with van der Waals surface area (Å²) in [7, 11) is 0. The van der Waals surface area contributed by atoms with E-state index in [1.165, 1.54) is 12.0 Å². The monoisotopic (exact) mass is 225 g/mol. The van der Waals surface area contributed by atoms with E-state index >= 15 is 0 Å². The highest BCUT2D eigenvalue weighted by molar-refractivity contribution is 5.23. The van der Waals surface area contributed by atoms with Crippen molar-refractivity contribution >= 4 is 0 Å². The van der Waals surface area contributed by atoms with Gasteiger partial charge in [-0.1, -0.05) is 0 Å². The number of aliphatic hydroxyl groups excluding tert-OH is 1. The maximum Gasteiger partial charge on any atom is 0.108 e. The van der Waals surface area contributed by atoms with Gasteiger partial charge in [-0.3, -0.25) is 0 Å². The van der Waals surface area contributed by atoms with Crippen LogP contribution in [-0.4, -0.2) is 31.5 Å². The Morgan fingerprint density at radius 3 is 3.31 bits per heavy atom. The van der Waals surface area contributed by atoms with Crippen LogP contribution in [0.4, 0.5) is 0 Å². The van der Waals surface area contributed by atoms with Crippen LogP contribution in [0.25, 0.3) is 0 Å². The van der Waals surface area contributed by atoms with Crippen molar-refractivity contribution in [1.29, 1.82) is 0 Å². The van der Waals surface area contributed by atoms with E-state index in [9.17, 15) is 0 Å². The molecule has 1 heterocycles. The molecule has 1 aliphatic carbocycles. The summed E-state index contributed by atoms with van der Waals surface area (Å²) >= 11 is 0. The molecule has 4 nitrogen and oxygen atoms in total. The lowest BCUT2D eigenvalue weighted by molar-refractivity contribution is 0.0922. The zero-order valence-electron chi connectivity index (χ0n) is 9.45. The van der Waals surface area contributed by atoms with E-state index in [0.29, 0.717) is 19.3 Å². The van der Waals surface area contributed by atoms with Crippen molar-refractivity contribution in [1.82, 2.24) is 5.32 Å². The van der Waals surface area contributed by atoms with E-state index in [0.717, 1.165) is 25.1 Å². The lowest BCUT2D eigenvalue weighted by atomic mass is 9.93. The van der Waals surface area contributed by atoms with Crippen LogP contribution in [-0.2, 0) is 11.2 Å². The Hall–Kier alpha value is -0.840. The zero-order chi connectivity index (χ0) is 11.2. The van der Waals surface area contributed by atoms with Gasteiger partial charge < -0.3 is 19.6 Å². The third kappa shape index (κ3) is 2.84. The average Bonchev–Trinajstić information content (AvgIpc) is 2.77. The van der Waals surface area contributed by atoms with Gasteiger partial charge in [0, 0.05) is 24.6 Å². The Morgan fingerprint density at radius 1 is 1.50 bits per heavy atom. The van der Waals surface area contributed by atoms with Gasteiger partial charge >= 0.3 is 0 Å². The van der Waals surface area contributed by atoms with Crippen LogP contribution in [0.15, 0.2) is 16.7 Å². The van der Waals surface area contributed by atoms with Crippen LogP contribution >= 0.6 is 0 Å². The minimum atomic E-state index is 0.0926. The standard InChI is InChI=1S/C12H19NO3/c14-6-9-15-8-5-13-11-2-1-3-12-10(11)4-7-16-12/h4,7,11,13-14H,1-3,5-6,8-9H2. The van der Waals surface area contributed by atoms with Gasteiger partial charge in [0.05, 0.1) is 26.1 Å². The third-order valence-electron chi connectivity index (χ3n) is 2.92. The number of ether oxygens (including phenoxy) is 1. The second-order valence-electron chi connectivity index (χ2n) is 4.03. The predicted octanol–water partition coefficient (Wildman–Crippen LogP) is 1.26. The molecule has 90 valence electrons. The van der Waals surface area contributed by atoms with Crippen molar-refractivity contribution in [2.75, 3.05) is 26.4 Å². The molecule has 0 amide bonds. The van der Waals surface area contributed by atoms with Crippen molar-refractivity contribution in [2.24, 2.45) is 0 Å². The summed E-state index contributed by atoms with van der Waals surface area (Å²) in [5.74, 6) is 1.13. The highest BCUT2D eigenvalue weighted by Crippen LogP contribution is 2.30. The Morgan fingerprint density at radius 2 is 2.44 bits per heavy atom. The minimum absolute atomic E-state index is 0.0926. The molecule has 0 saturated carbocycles. The maximum absolute atomic E-state index is 8.56. The lowest BCUT2D eigenvalue weighted by Crippen LogP contribution is -2.27. The molecule has 1 aliphatic rings. The molecule has 1 aromatic heterocycles. The van der Waals surface area contributed by atoms with Crippen molar-refractivity contribution in [2.45, 2.75) is 25.3 Å². The van der Waals surface area contributed by atoms with Crippen LogP contribution in [0.5, 0.6) is 0 Å². The van der Waals surface area contributed by atoms with Gasteiger partial charge in [0.2, 0.25) is 0 Å². The molecular weight excluding hydrogens is 206 g/mol. The molecule has 4 heteroatoms.